The lowest BCUT2D eigenvalue weighted by Crippen LogP contribution is -2.28. The normalized spacial score (nSPS) is 19.2. The van der Waals surface area contributed by atoms with Crippen LogP contribution in [-0.2, 0) is 30.5 Å². The van der Waals surface area contributed by atoms with Gasteiger partial charge in [-0.05, 0) is 86.1 Å². The van der Waals surface area contributed by atoms with Gasteiger partial charge in [-0.25, -0.2) is 4.98 Å². The van der Waals surface area contributed by atoms with Gasteiger partial charge in [0.2, 0.25) is 5.88 Å². The lowest BCUT2D eigenvalue weighted by atomic mass is 9.82. The lowest BCUT2D eigenvalue weighted by Gasteiger charge is -2.23. The summed E-state index contributed by atoms with van der Waals surface area (Å²) in [6, 6.07) is 3.94. The summed E-state index contributed by atoms with van der Waals surface area (Å²) in [5, 5.41) is 3.17. The summed E-state index contributed by atoms with van der Waals surface area (Å²) in [4.78, 5) is 33.7. The van der Waals surface area contributed by atoms with Gasteiger partial charge in [0.15, 0.2) is 0 Å². The van der Waals surface area contributed by atoms with Crippen molar-refractivity contribution < 1.29 is 14.3 Å². The van der Waals surface area contributed by atoms with Crippen molar-refractivity contribution in [2.45, 2.75) is 71.1 Å². The number of carbonyl (C=O) groups excluding carboxylic acids is 2. The fourth-order valence-corrected chi connectivity index (χ4v) is 6.85. The molecule has 0 bridgehead atoms. The first kappa shape index (κ1) is 24.6. The molecule has 5 rings (SSSR count). The van der Waals surface area contributed by atoms with E-state index in [1.165, 1.54) is 23.3 Å². The number of ether oxygens (including phenoxy) is 1. The minimum Gasteiger partial charge on any atom is -0.481 e. The topological polar surface area (TPSA) is 68.3 Å². The third-order valence-electron chi connectivity index (χ3n) is 7.56. The van der Waals surface area contributed by atoms with Gasteiger partial charge in [-0.2, -0.15) is 0 Å². The summed E-state index contributed by atoms with van der Waals surface area (Å²) in [5.41, 5.74) is 4.09. The number of hydrogen-bond acceptors (Lipinski definition) is 6. The molecule has 3 aliphatic rings. The van der Waals surface area contributed by atoms with Gasteiger partial charge in [-0.15, -0.1) is 11.3 Å². The second-order valence-corrected chi connectivity index (χ2v) is 12.3. The predicted octanol–water partition coefficient (Wildman–Crippen LogP) is 5.23. The van der Waals surface area contributed by atoms with E-state index in [-0.39, 0.29) is 11.8 Å². The molecule has 0 spiro atoms. The van der Waals surface area contributed by atoms with Crippen LogP contribution < -0.4 is 10.1 Å². The van der Waals surface area contributed by atoms with E-state index in [1.54, 1.807) is 18.4 Å². The van der Waals surface area contributed by atoms with Gasteiger partial charge in [-0.3, -0.25) is 9.59 Å². The molecular weight excluding hydrogens is 476 g/mol. The Bertz CT molecular complexity index is 1150. The van der Waals surface area contributed by atoms with Crippen molar-refractivity contribution in [3.63, 3.8) is 0 Å². The Morgan fingerprint density at radius 2 is 1.94 bits per heavy atom. The minimum atomic E-state index is 0.0242. The lowest BCUT2D eigenvalue weighted by molar-refractivity contribution is -0.119. The van der Waals surface area contributed by atoms with Crippen molar-refractivity contribution in [2.24, 2.45) is 17.8 Å². The molecule has 3 aliphatic carbocycles. The predicted molar refractivity (Wildman–Crippen MR) is 143 cm³/mol. The number of methoxy groups -OCH3 is 1. The number of hydrogen-bond donors (Lipinski definition) is 1. The highest BCUT2D eigenvalue weighted by atomic mass is 32.1. The molecule has 0 saturated heterocycles. The van der Waals surface area contributed by atoms with Crippen LogP contribution in [0.25, 0.3) is 0 Å². The molecule has 1 amide bonds. The molecule has 0 aromatic carbocycles. The van der Waals surface area contributed by atoms with Gasteiger partial charge in [0.05, 0.1) is 12.7 Å². The number of thiocarbonyl (C=S) groups is 1. The van der Waals surface area contributed by atoms with Crippen molar-refractivity contribution in [1.82, 2.24) is 10.3 Å². The molecule has 2 saturated carbocycles. The average molecular weight is 511 g/mol. The molecule has 1 atom stereocenters. The van der Waals surface area contributed by atoms with E-state index < -0.39 is 0 Å². The summed E-state index contributed by atoms with van der Waals surface area (Å²) in [7, 11) is 1.63. The highest BCUT2D eigenvalue weighted by Crippen LogP contribution is 2.40. The average Bonchev–Trinajstić information content (AvgIpc) is 3.75. The molecule has 2 aromatic heterocycles. The number of Topliss-reactive ketones (excluding diaryl/α,β-unsaturated/α-hetero) is 1. The van der Waals surface area contributed by atoms with E-state index in [0.29, 0.717) is 29.9 Å². The van der Waals surface area contributed by atoms with E-state index in [2.05, 4.69) is 16.4 Å². The zero-order chi connectivity index (χ0) is 24.5. The van der Waals surface area contributed by atoms with Gasteiger partial charge in [0.1, 0.15) is 5.78 Å². The van der Waals surface area contributed by atoms with Gasteiger partial charge < -0.3 is 10.1 Å². The molecular formula is C28H34N2O3S2. The number of aromatic nitrogens is 1. The highest BCUT2D eigenvalue weighted by Gasteiger charge is 2.34. The number of ketones is 1. The molecule has 0 unspecified atom stereocenters. The molecule has 2 heterocycles. The number of fused-ring (bicyclic) bond motifs is 1. The number of aryl methyl sites for hydroxylation is 2. The maximum absolute atomic E-state index is 13.3. The highest BCUT2D eigenvalue weighted by molar-refractivity contribution is 7.80. The third-order valence-corrected chi connectivity index (χ3v) is 9.16. The maximum Gasteiger partial charge on any atom is 0.252 e. The second kappa shape index (κ2) is 10.5. The summed E-state index contributed by atoms with van der Waals surface area (Å²) in [6.07, 6.45) is 9.37. The van der Waals surface area contributed by atoms with Crippen LogP contribution in [0.15, 0.2) is 12.1 Å². The van der Waals surface area contributed by atoms with Crippen LogP contribution in [0, 0.1) is 24.7 Å². The number of nitrogens with one attached hydrogen (secondary N) is 1. The molecule has 186 valence electrons. The van der Waals surface area contributed by atoms with Crippen molar-refractivity contribution in [3.8, 4) is 5.88 Å². The van der Waals surface area contributed by atoms with E-state index in [9.17, 15) is 9.59 Å². The van der Waals surface area contributed by atoms with Crippen LogP contribution in [0.4, 0.5) is 0 Å². The number of carbonyl (C=O) groups is 2. The van der Waals surface area contributed by atoms with Gasteiger partial charge in [0, 0.05) is 46.8 Å². The summed E-state index contributed by atoms with van der Waals surface area (Å²) in [6.45, 7) is 2.75. The van der Waals surface area contributed by atoms with Crippen molar-refractivity contribution >= 4 is 40.1 Å². The monoisotopic (exact) mass is 510 g/mol. The first-order valence-electron chi connectivity index (χ1n) is 12.9. The van der Waals surface area contributed by atoms with Crippen LogP contribution in [-0.4, -0.2) is 35.2 Å². The standard InChI is InChI=1S/C28H34N2O3S2/c1-16-20(8-10-26(30-16)33-2)13-21(34)11-18-5-9-24-22(12-18)27(28(32)29-15-17-3-4-17)25(35-24)14-23(31)19-6-7-19/h8,10,17-19H,3-7,9,11-15H2,1-2H3,(H,29,32)/t18-/m1/s1. The Kier molecular flexibility index (Phi) is 7.35. The Morgan fingerprint density at radius 3 is 2.63 bits per heavy atom. The largest absolute Gasteiger partial charge is 0.481 e. The van der Waals surface area contributed by atoms with Crippen molar-refractivity contribution in [1.29, 1.82) is 0 Å². The van der Waals surface area contributed by atoms with Crippen LogP contribution in [0.1, 0.15) is 75.5 Å². The minimum absolute atomic E-state index is 0.0242. The molecule has 0 aliphatic heterocycles. The Morgan fingerprint density at radius 1 is 1.14 bits per heavy atom. The van der Waals surface area contributed by atoms with Crippen LogP contribution in [0.2, 0.25) is 0 Å². The third kappa shape index (κ3) is 6.00. The van der Waals surface area contributed by atoms with E-state index in [4.69, 9.17) is 17.0 Å². The smallest absolute Gasteiger partial charge is 0.252 e. The summed E-state index contributed by atoms with van der Waals surface area (Å²) in [5.74, 6) is 2.23. The molecule has 2 fully saturated rings. The molecule has 35 heavy (non-hydrogen) atoms. The number of rotatable bonds is 11. The number of thiophene rings is 1. The SMILES string of the molecule is COc1ccc(CC(=S)C[C@H]2CCc3sc(CC(=O)C4CC4)c(C(=O)NCC4CC4)c3C2)c(C)n1. The van der Waals surface area contributed by atoms with Crippen LogP contribution >= 0.6 is 23.6 Å². The number of pyridine rings is 1. The van der Waals surface area contributed by atoms with Crippen LogP contribution in [0.5, 0.6) is 5.88 Å². The van der Waals surface area contributed by atoms with E-state index in [1.807, 2.05) is 13.0 Å². The number of amides is 1. The Balaban J connectivity index is 1.29. The summed E-state index contributed by atoms with van der Waals surface area (Å²) < 4.78 is 5.22. The van der Waals surface area contributed by atoms with Crippen molar-refractivity contribution in [3.05, 3.63) is 44.3 Å². The van der Waals surface area contributed by atoms with Gasteiger partial charge in [-0.1, -0.05) is 18.3 Å². The van der Waals surface area contributed by atoms with Crippen LogP contribution in [0.3, 0.4) is 0 Å². The molecule has 2 aromatic rings. The van der Waals surface area contributed by atoms with Gasteiger partial charge in [0.25, 0.3) is 5.91 Å². The zero-order valence-corrected chi connectivity index (χ0v) is 22.3. The first-order chi connectivity index (χ1) is 16.9. The van der Waals surface area contributed by atoms with E-state index >= 15 is 0 Å². The zero-order valence-electron chi connectivity index (χ0n) is 20.7. The molecule has 5 nitrogen and oxygen atoms in total. The maximum atomic E-state index is 13.3. The molecule has 1 N–H and O–H groups in total. The Hall–Kier alpha value is -2.12. The fourth-order valence-electron chi connectivity index (χ4n) is 5.10. The second-order valence-electron chi connectivity index (χ2n) is 10.5. The Labute approximate surface area is 217 Å². The number of nitrogens with zero attached hydrogens (tertiary/aromatic N) is 1. The molecule has 7 heteroatoms. The van der Waals surface area contributed by atoms with E-state index in [0.717, 1.165) is 78.1 Å². The summed E-state index contributed by atoms with van der Waals surface area (Å²) >= 11 is 7.52. The van der Waals surface area contributed by atoms with Crippen molar-refractivity contribution in [2.75, 3.05) is 13.7 Å². The molecule has 0 radical (unpaired) electrons. The first-order valence-corrected chi connectivity index (χ1v) is 14.1. The quantitative estimate of drug-likeness (QED) is 0.419. The fraction of sp³-hybridized carbons (Fsp3) is 0.571. The van der Waals surface area contributed by atoms with Gasteiger partial charge >= 0.3 is 0 Å².